The summed E-state index contributed by atoms with van der Waals surface area (Å²) >= 11 is 1.66. The molecule has 0 fully saturated rings. The Kier molecular flexibility index (Phi) is 3.74. The molecule has 1 atom stereocenters. The first-order valence-corrected chi connectivity index (χ1v) is 7.74. The average molecular weight is 286 g/mol. The van der Waals surface area contributed by atoms with Crippen LogP contribution in [-0.2, 0) is 13.0 Å². The summed E-state index contributed by atoms with van der Waals surface area (Å²) in [5.41, 5.74) is 2.66. The number of hydrogen-bond acceptors (Lipinski definition) is 2. The van der Waals surface area contributed by atoms with Gasteiger partial charge in [-0.15, -0.1) is 11.3 Å². The number of benzene rings is 1. The summed E-state index contributed by atoms with van der Waals surface area (Å²) in [6.45, 7) is 0.606. The van der Waals surface area contributed by atoms with Gasteiger partial charge in [0.2, 0.25) is 0 Å². The molecule has 0 radical (unpaired) electrons. The van der Waals surface area contributed by atoms with Crippen molar-refractivity contribution in [2.24, 2.45) is 0 Å². The Morgan fingerprint density at radius 2 is 2.20 bits per heavy atom. The molecule has 20 heavy (non-hydrogen) atoms. The van der Waals surface area contributed by atoms with Crippen molar-refractivity contribution < 1.29 is 4.79 Å². The van der Waals surface area contributed by atoms with Gasteiger partial charge in [0.15, 0.2) is 0 Å². The van der Waals surface area contributed by atoms with Crippen LogP contribution in [0.15, 0.2) is 41.8 Å². The first-order valence-electron chi connectivity index (χ1n) is 6.86. The molecule has 1 aliphatic rings. The van der Waals surface area contributed by atoms with Crippen LogP contribution in [0.1, 0.15) is 28.5 Å². The molecule has 0 saturated heterocycles. The van der Waals surface area contributed by atoms with Crippen LogP contribution in [0.2, 0.25) is 0 Å². The maximum absolute atomic E-state index is 12.3. The minimum atomic E-state index is 0.0000954. The Labute approximate surface area is 123 Å². The second kappa shape index (κ2) is 5.67. The monoisotopic (exact) mass is 286 g/mol. The zero-order valence-electron chi connectivity index (χ0n) is 11.5. The van der Waals surface area contributed by atoms with Crippen LogP contribution in [0.25, 0.3) is 0 Å². The number of nitrogens with one attached hydrogen (secondary N) is 1. The molecular formula is C16H18N2OS. The van der Waals surface area contributed by atoms with E-state index in [1.54, 1.807) is 11.3 Å². The molecule has 0 saturated carbocycles. The van der Waals surface area contributed by atoms with E-state index in [4.69, 9.17) is 0 Å². The molecule has 2 amide bonds. The predicted molar refractivity (Wildman–Crippen MR) is 81.8 cm³/mol. The molecule has 1 heterocycles. The molecule has 2 aromatic rings. The molecule has 3 nitrogen and oxygen atoms in total. The number of nitrogens with zero attached hydrogens (tertiary/aromatic N) is 1. The van der Waals surface area contributed by atoms with Gasteiger partial charge in [-0.3, -0.25) is 0 Å². The maximum Gasteiger partial charge on any atom is 0.317 e. The Balaban J connectivity index is 1.64. The average Bonchev–Trinajstić information content (AvgIpc) is 3.13. The Morgan fingerprint density at radius 1 is 1.35 bits per heavy atom. The highest BCUT2D eigenvalue weighted by molar-refractivity contribution is 7.09. The summed E-state index contributed by atoms with van der Waals surface area (Å²) in [5, 5.41) is 5.02. The predicted octanol–water partition coefficient (Wildman–Crippen LogP) is 3.58. The lowest BCUT2D eigenvalue weighted by Crippen LogP contribution is -2.38. The number of hydrogen-bond donors (Lipinski definition) is 1. The summed E-state index contributed by atoms with van der Waals surface area (Å²) in [5.74, 6) is 0. The van der Waals surface area contributed by atoms with Crippen LogP contribution in [0.5, 0.6) is 0 Å². The summed E-state index contributed by atoms with van der Waals surface area (Å²) in [6, 6.07) is 12.7. The van der Waals surface area contributed by atoms with Gasteiger partial charge in [-0.1, -0.05) is 30.3 Å². The molecule has 0 bridgehead atoms. The summed E-state index contributed by atoms with van der Waals surface area (Å²) in [7, 11) is 1.89. The highest BCUT2D eigenvalue weighted by Gasteiger charge is 2.28. The fraction of sp³-hybridized carbons (Fsp3) is 0.312. The van der Waals surface area contributed by atoms with Gasteiger partial charge >= 0.3 is 6.03 Å². The van der Waals surface area contributed by atoms with Gasteiger partial charge in [0.25, 0.3) is 0 Å². The van der Waals surface area contributed by atoms with E-state index in [0.29, 0.717) is 6.54 Å². The minimum absolute atomic E-state index is 0.0000954. The summed E-state index contributed by atoms with van der Waals surface area (Å²) in [6.07, 6.45) is 2.08. The van der Waals surface area contributed by atoms with E-state index < -0.39 is 0 Å². The van der Waals surface area contributed by atoms with Crippen LogP contribution in [-0.4, -0.2) is 18.0 Å². The van der Waals surface area contributed by atoms with E-state index in [-0.39, 0.29) is 12.1 Å². The normalized spacial score (nSPS) is 16.8. The van der Waals surface area contributed by atoms with E-state index in [1.165, 1.54) is 16.0 Å². The molecule has 1 aromatic heterocycles. The standard InChI is InChI=1S/C16H18N2OS/c1-18(16(19)17-11-13-6-4-10-20-13)15-9-8-12-5-2-3-7-14(12)15/h2-7,10,15H,8-9,11H2,1H3,(H,17,19). The number of rotatable bonds is 3. The highest BCUT2D eigenvalue weighted by atomic mass is 32.1. The number of thiophene rings is 1. The van der Waals surface area contributed by atoms with Crippen molar-refractivity contribution in [3.05, 3.63) is 57.8 Å². The second-order valence-electron chi connectivity index (χ2n) is 5.10. The maximum atomic E-state index is 12.3. The quantitative estimate of drug-likeness (QED) is 0.919. The van der Waals surface area contributed by atoms with E-state index in [9.17, 15) is 4.79 Å². The first-order chi connectivity index (χ1) is 9.75. The highest BCUT2D eigenvalue weighted by Crippen LogP contribution is 2.34. The van der Waals surface area contributed by atoms with Crippen LogP contribution < -0.4 is 5.32 Å². The van der Waals surface area contributed by atoms with Crippen molar-refractivity contribution in [3.8, 4) is 0 Å². The van der Waals surface area contributed by atoms with Gasteiger partial charge in [-0.2, -0.15) is 0 Å². The Morgan fingerprint density at radius 3 is 3.00 bits per heavy atom. The lowest BCUT2D eigenvalue weighted by atomic mass is 10.1. The van der Waals surface area contributed by atoms with E-state index in [1.807, 2.05) is 29.5 Å². The number of urea groups is 1. The number of fused-ring (bicyclic) bond motifs is 1. The first kappa shape index (κ1) is 13.2. The molecule has 1 unspecified atom stereocenters. The van der Waals surface area contributed by atoms with E-state index >= 15 is 0 Å². The number of carbonyl (C=O) groups is 1. The Hall–Kier alpha value is -1.81. The van der Waals surface area contributed by atoms with E-state index in [2.05, 4.69) is 29.6 Å². The zero-order chi connectivity index (χ0) is 13.9. The molecule has 4 heteroatoms. The number of amides is 2. The third-order valence-corrected chi connectivity index (χ3v) is 4.76. The third kappa shape index (κ3) is 2.56. The topological polar surface area (TPSA) is 32.3 Å². The number of aryl methyl sites for hydroxylation is 1. The summed E-state index contributed by atoms with van der Waals surface area (Å²) in [4.78, 5) is 15.3. The fourth-order valence-electron chi connectivity index (χ4n) is 2.78. The molecular weight excluding hydrogens is 268 g/mol. The fourth-order valence-corrected chi connectivity index (χ4v) is 3.42. The second-order valence-corrected chi connectivity index (χ2v) is 6.13. The molecule has 1 aliphatic carbocycles. The minimum Gasteiger partial charge on any atom is -0.333 e. The van der Waals surface area contributed by atoms with Crippen molar-refractivity contribution in [1.29, 1.82) is 0 Å². The lowest BCUT2D eigenvalue weighted by Gasteiger charge is -2.25. The van der Waals surface area contributed by atoms with Gasteiger partial charge < -0.3 is 10.2 Å². The van der Waals surface area contributed by atoms with Crippen molar-refractivity contribution in [2.45, 2.75) is 25.4 Å². The van der Waals surface area contributed by atoms with Crippen molar-refractivity contribution in [2.75, 3.05) is 7.05 Å². The molecule has 3 rings (SSSR count). The Bertz CT molecular complexity index is 594. The smallest absolute Gasteiger partial charge is 0.317 e. The van der Waals surface area contributed by atoms with Gasteiger partial charge in [0.1, 0.15) is 0 Å². The molecule has 1 aromatic carbocycles. The molecule has 0 aliphatic heterocycles. The van der Waals surface area contributed by atoms with Gasteiger partial charge in [-0.05, 0) is 35.4 Å². The number of carbonyl (C=O) groups excluding carboxylic acids is 1. The van der Waals surface area contributed by atoms with Crippen molar-refractivity contribution in [1.82, 2.24) is 10.2 Å². The molecule has 0 spiro atoms. The van der Waals surface area contributed by atoms with Crippen molar-refractivity contribution in [3.63, 3.8) is 0 Å². The molecule has 1 N–H and O–H groups in total. The van der Waals surface area contributed by atoms with Gasteiger partial charge in [0.05, 0.1) is 12.6 Å². The van der Waals surface area contributed by atoms with Crippen LogP contribution in [0.3, 0.4) is 0 Å². The largest absolute Gasteiger partial charge is 0.333 e. The summed E-state index contributed by atoms with van der Waals surface area (Å²) < 4.78 is 0. The van der Waals surface area contributed by atoms with Crippen molar-refractivity contribution >= 4 is 17.4 Å². The van der Waals surface area contributed by atoms with Crippen LogP contribution >= 0.6 is 11.3 Å². The third-order valence-electron chi connectivity index (χ3n) is 3.88. The lowest BCUT2D eigenvalue weighted by molar-refractivity contribution is 0.190. The SMILES string of the molecule is CN(C(=O)NCc1cccs1)C1CCc2ccccc21. The zero-order valence-corrected chi connectivity index (χ0v) is 12.3. The molecule has 104 valence electrons. The van der Waals surface area contributed by atoms with Gasteiger partial charge in [-0.25, -0.2) is 4.79 Å². The van der Waals surface area contributed by atoms with Crippen LogP contribution in [0.4, 0.5) is 4.79 Å². The van der Waals surface area contributed by atoms with Gasteiger partial charge in [0, 0.05) is 11.9 Å². The van der Waals surface area contributed by atoms with Crippen LogP contribution in [0, 0.1) is 0 Å². The van der Waals surface area contributed by atoms with E-state index in [0.717, 1.165) is 12.8 Å².